The number of nitrogens with one attached hydrogen (secondary N) is 1. The van der Waals surface area contributed by atoms with Gasteiger partial charge in [-0.25, -0.2) is 8.42 Å². The number of nitrogens with zero attached hydrogens (tertiary/aromatic N) is 2. The number of para-hydroxylation sites is 1. The van der Waals surface area contributed by atoms with Gasteiger partial charge in [0.25, 0.3) is 0 Å². The predicted octanol–water partition coefficient (Wildman–Crippen LogP) is 2.79. The van der Waals surface area contributed by atoms with Crippen molar-refractivity contribution in [3.63, 3.8) is 0 Å². The first kappa shape index (κ1) is 21.8. The van der Waals surface area contributed by atoms with E-state index in [1.165, 1.54) is 4.31 Å². The Labute approximate surface area is 168 Å². The summed E-state index contributed by atoms with van der Waals surface area (Å²) in [4.78, 5) is 14.8. The van der Waals surface area contributed by atoms with Crippen molar-refractivity contribution < 1.29 is 13.2 Å². The van der Waals surface area contributed by atoms with Crippen LogP contribution >= 0.6 is 0 Å². The molecule has 2 aromatic rings. The number of rotatable bonds is 9. The van der Waals surface area contributed by atoms with E-state index < -0.39 is 16.1 Å². The number of anilines is 2. The lowest BCUT2D eigenvalue weighted by molar-refractivity contribution is -0.122. The van der Waals surface area contributed by atoms with Gasteiger partial charge in [-0.3, -0.25) is 9.10 Å². The molecule has 0 aliphatic rings. The molecule has 0 aromatic heterocycles. The summed E-state index contributed by atoms with van der Waals surface area (Å²) < 4.78 is 26.1. The first-order valence-corrected chi connectivity index (χ1v) is 11.2. The molecule has 0 radical (unpaired) electrons. The van der Waals surface area contributed by atoms with Gasteiger partial charge in [-0.2, -0.15) is 0 Å². The van der Waals surface area contributed by atoms with Crippen LogP contribution in [0.2, 0.25) is 0 Å². The number of aryl methyl sites for hydroxylation is 1. The fraction of sp³-hybridized carbons (Fsp3) is 0.381. The Hall–Kier alpha value is -2.54. The van der Waals surface area contributed by atoms with Gasteiger partial charge in [-0.1, -0.05) is 37.3 Å². The van der Waals surface area contributed by atoms with Gasteiger partial charge >= 0.3 is 0 Å². The number of sulfonamides is 1. The number of carbonyl (C=O) groups excluding carboxylic acids is 1. The molecule has 152 valence electrons. The zero-order valence-electron chi connectivity index (χ0n) is 16.9. The van der Waals surface area contributed by atoms with Gasteiger partial charge in [-0.05, 0) is 43.2 Å². The zero-order valence-corrected chi connectivity index (χ0v) is 17.7. The van der Waals surface area contributed by atoms with Crippen molar-refractivity contribution in [3.8, 4) is 0 Å². The molecule has 0 bridgehead atoms. The Bertz CT molecular complexity index is 885. The van der Waals surface area contributed by atoms with E-state index in [-0.39, 0.29) is 5.91 Å². The third kappa shape index (κ3) is 5.73. The standard InChI is InChI=1S/C21H29N3O3S/c1-5-20(24(28(4,26)27)19-13-9-10-17(2)16-19)21(25)22-14-15-23(3)18-11-7-6-8-12-18/h6-13,16,20H,5,14-15H2,1-4H3,(H,22,25). The molecular weight excluding hydrogens is 374 g/mol. The predicted molar refractivity (Wildman–Crippen MR) is 115 cm³/mol. The molecule has 28 heavy (non-hydrogen) atoms. The van der Waals surface area contributed by atoms with Crippen molar-refractivity contribution in [1.82, 2.24) is 5.32 Å². The molecule has 0 spiro atoms. The van der Waals surface area contributed by atoms with Crippen LogP contribution < -0.4 is 14.5 Å². The summed E-state index contributed by atoms with van der Waals surface area (Å²) in [5.74, 6) is -0.295. The molecule has 7 heteroatoms. The minimum Gasteiger partial charge on any atom is -0.373 e. The molecule has 0 saturated carbocycles. The molecule has 0 fully saturated rings. The Morgan fingerprint density at radius 1 is 1.07 bits per heavy atom. The van der Waals surface area contributed by atoms with Crippen molar-refractivity contribution in [3.05, 3.63) is 60.2 Å². The van der Waals surface area contributed by atoms with Gasteiger partial charge in [0.05, 0.1) is 11.9 Å². The highest BCUT2D eigenvalue weighted by Gasteiger charge is 2.31. The van der Waals surface area contributed by atoms with Crippen LogP contribution in [0, 0.1) is 6.92 Å². The molecular formula is C21H29N3O3S. The van der Waals surface area contributed by atoms with Crippen LogP contribution in [-0.2, 0) is 14.8 Å². The lowest BCUT2D eigenvalue weighted by atomic mass is 10.1. The van der Waals surface area contributed by atoms with E-state index in [9.17, 15) is 13.2 Å². The SMILES string of the molecule is CCC(C(=O)NCCN(C)c1ccccc1)N(c1cccc(C)c1)S(C)(=O)=O. The third-order valence-electron chi connectivity index (χ3n) is 4.53. The Kier molecular flexibility index (Phi) is 7.45. The first-order chi connectivity index (χ1) is 13.2. The second-order valence-corrected chi connectivity index (χ2v) is 8.73. The van der Waals surface area contributed by atoms with Crippen molar-refractivity contribution in [2.45, 2.75) is 26.3 Å². The van der Waals surface area contributed by atoms with Crippen molar-refractivity contribution >= 4 is 27.3 Å². The average Bonchev–Trinajstić information content (AvgIpc) is 2.65. The summed E-state index contributed by atoms with van der Waals surface area (Å²) in [6.07, 6.45) is 1.51. The molecule has 2 rings (SSSR count). The summed E-state index contributed by atoms with van der Waals surface area (Å²) in [5, 5.41) is 2.88. The van der Waals surface area contributed by atoms with Crippen molar-refractivity contribution in [1.29, 1.82) is 0 Å². The smallest absolute Gasteiger partial charge is 0.243 e. The summed E-state index contributed by atoms with van der Waals surface area (Å²) in [5.41, 5.74) is 2.50. The Morgan fingerprint density at radius 2 is 1.71 bits per heavy atom. The number of likely N-dealkylation sites (N-methyl/N-ethyl adjacent to an activating group) is 1. The fourth-order valence-electron chi connectivity index (χ4n) is 3.10. The number of hydrogen-bond acceptors (Lipinski definition) is 4. The monoisotopic (exact) mass is 403 g/mol. The van der Waals surface area contributed by atoms with Gasteiger partial charge in [0.15, 0.2) is 0 Å². The van der Waals surface area contributed by atoms with E-state index in [2.05, 4.69) is 5.32 Å². The van der Waals surface area contributed by atoms with E-state index >= 15 is 0 Å². The molecule has 2 aromatic carbocycles. The molecule has 0 saturated heterocycles. The maximum Gasteiger partial charge on any atom is 0.243 e. The second-order valence-electron chi connectivity index (χ2n) is 6.87. The van der Waals surface area contributed by atoms with Crippen molar-refractivity contribution in [2.75, 3.05) is 35.6 Å². The van der Waals surface area contributed by atoms with E-state index in [1.807, 2.05) is 62.2 Å². The highest BCUT2D eigenvalue weighted by Crippen LogP contribution is 2.23. The lowest BCUT2D eigenvalue weighted by Crippen LogP contribution is -2.50. The zero-order chi connectivity index (χ0) is 20.7. The van der Waals surface area contributed by atoms with E-state index in [0.29, 0.717) is 25.2 Å². The summed E-state index contributed by atoms with van der Waals surface area (Å²) >= 11 is 0. The van der Waals surface area contributed by atoms with Gasteiger partial charge in [-0.15, -0.1) is 0 Å². The van der Waals surface area contributed by atoms with E-state index in [4.69, 9.17) is 0 Å². The van der Waals surface area contributed by atoms with Gasteiger partial charge in [0.1, 0.15) is 6.04 Å². The highest BCUT2D eigenvalue weighted by molar-refractivity contribution is 7.92. The van der Waals surface area contributed by atoms with Gasteiger partial charge in [0.2, 0.25) is 15.9 Å². The molecule has 0 aliphatic carbocycles. The highest BCUT2D eigenvalue weighted by atomic mass is 32.2. The van der Waals surface area contributed by atoms with Crippen LogP contribution in [0.3, 0.4) is 0 Å². The van der Waals surface area contributed by atoms with Crippen LogP contribution in [0.4, 0.5) is 11.4 Å². The normalized spacial score (nSPS) is 12.3. The maximum atomic E-state index is 12.8. The van der Waals surface area contributed by atoms with Crippen LogP contribution in [0.1, 0.15) is 18.9 Å². The number of benzene rings is 2. The van der Waals surface area contributed by atoms with Crippen molar-refractivity contribution in [2.24, 2.45) is 0 Å². The molecule has 1 unspecified atom stereocenters. The van der Waals surface area contributed by atoms with E-state index in [0.717, 1.165) is 17.5 Å². The Morgan fingerprint density at radius 3 is 2.29 bits per heavy atom. The molecule has 6 nitrogen and oxygen atoms in total. The first-order valence-electron chi connectivity index (χ1n) is 9.34. The van der Waals surface area contributed by atoms with E-state index in [1.54, 1.807) is 18.2 Å². The average molecular weight is 404 g/mol. The minimum atomic E-state index is -3.61. The number of amides is 1. The second kappa shape index (κ2) is 9.59. The molecule has 1 N–H and O–H groups in total. The van der Waals surface area contributed by atoms with Crippen LogP contribution in [-0.4, -0.2) is 46.8 Å². The van der Waals surface area contributed by atoms with Crippen LogP contribution in [0.5, 0.6) is 0 Å². The molecule has 0 aliphatic heterocycles. The molecule has 0 heterocycles. The van der Waals surface area contributed by atoms with Gasteiger partial charge < -0.3 is 10.2 Å². The number of hydrogen-bond donors (Lipinski definition) is 1. The van der Waals surface area contributed by atoms with Gasteiger partial charge in [0, 0.05) is 25.8 Å². The summed E-state index contributed by atoms with van der Waals surface area (Å²) in [7, 11) is -1.66. The maximum absolute atomic E-state index is 12.8. The lowest BCUT2D eigenvalue weighted by Gasteiger charge is -2.30. The largest absolute Gasteiger partial charge is 0.373 e. The third-order valence-corrected chi connectivity index (χ3v) is 5.71. The fourth-order valence-corrected chi connectivity index (χ4v) is 4.31. The van der Waals surface area contributed by atoms with Crippen LogP contribution in [0.25, 0.3) is 0 Å². The molecule has 1 amide bonds. The minimum absolute atomic E-state index is 0.295. The molecule has 1 atom stereocenters. The topological polar surface area (TPSA) is 69.7 Å². The quantitative estimate of drug-likeness (QED) is 0.699. The number of carbonyl (C=O) groups is 1. The van der Waals surface area contributed by atoms with Crippen LogP contribution in [0.15, 0.2) is 54.6 Å². The summed E-state index contributed by atoms with van der Waals surface area (Å²) in [6.45, 7) is 4.75. The summed E-state index contributed by atoms with van der Waals surface area (Å²) in [6, 6.07) is 16.3. The Balaban J connectivity index is 2.09.